The van der Waals surface area contributed by atoms with E-state index >= 15 is 0 Å². The Morgan fingerprint density at radius 1 is 1.41 bits per heavy atom. The Morgan fingerprint density at radius 2 is 2.18 bits per heavy atom. The molecule has 3 rings (SSSR count). The molecule has 0 saturated heterocycles. The zero-order chi connectivity index (χ0) is 15.7. The van der Waals surface area contributed by atoms with Gasteiger partial charge in [0, 0.05) is 29.9 Å². The zero-order valence-electron chi connectivity index (χ0n) is 12.3. The number of carboxylic acids is 1. The molecule has 1 amide bonds. The van der Waals surface area contributed by atoms with Crippen LogP contribution in [0, 0.1) is 0 Å². The summed E-state index contributed by atoms with van der Waals surface area (Å²) >= 11 is 0. The molecule has 0 spiro atoms. The molecule has 22 heavy (non-hydrogen) atoms. The largest absolute Gasteiger partial charge is 0.478 e. The summed E-state index contributed by atoms with van der Waals surface area (Å²) in [5, 5.41) is 12.5. The third-order valence-corrected chi connectivity index (χ3v) is 4.38. The highest BCUT2D eigenvalue weighted by Gasteiger charge is 2.38. The van der Waals surface area contributed by atoms with E-state index in [1.54, 1.807) is 25.3 Å². The van der Waals surface area contributed by atoms with Crippen molar-refractivity contribution in [3.05, 3.63) is 30.0 Å². The Hall–Kier alpha value is -2.34. The number of carbonyl (C=O) groups is 2. The van der Waals surface area contributed by atoms with Crippen LogP contribution in [0.5, 0.6) is 0 Å². The van der Waals surface area contributed by atoms with Crippen LogP contribution in [0.3, 0.4) is 0 Å². The fraction of sp³-hybridized carbons (Fsp3) is 0.375. The number of anilines is 1. The summed E-state index contributed by atoms with van der Waals surface area (Å²) < 4.78 is 5.45. The van der Waals surface area contributed by atoms with Crippen LogP contribution >= 0.6 is 0 Å². The maximum absolute atomic E-state index is 12.1. The van der Waals surface area contributed by atoms with E-state index in [0.29, 0.717) is 23.0 Å². The number of carbonyl (C=O) groups excluding carboxylic acids is 1. The highest BCUT2D eigenvalue weighted by atomic mass is 16.5. The quantitative estimate of drug-likeness (QED) is 0.792. The van der Waals surface area contributed by atoms with E-state index in [9.17, 15) is 9.59 Å². The fourth-order valence-electron chi connectivity index (χ4n) is 2.90. The van der Waals surface area contributed by atoms with Gasteiger partial charge in [-0.2, -0.15) is 0 Å². The van der Waals surface area contributed by atoms with Gasteiger partial charge in [0.05, 0.1) is 17.6 Å². The summed E-state index contributed by atoms with van der Waals surface area (Å²) in [4.78, 5) is 26.1. The number of carboxylic acid groups (broad SMARTS) is 1. The molecule has 0 bridgehead atoms. The number of nitrogens with one attached hydrogen (secondary N) is 2. The number of ether oxygens (including phenoxy) is 1. The second-order valence-electron chi connectivity index (χ2n) is 5.73. The molecule has 0 radical (unpaired) electrons. The number of rotatable bonds is 5. The number of hydrogen-bond acceptors (Lipinski definition) is 3. The zero-order valence-corrected chi connectivity index (χ0v) is 12.3. The minimum atomic E-state index is -0.977. The SMILES string of the molecule is COC1(CC(=O)Nc2ccc3c(C(=O)O)c[nH]c3c2)CCC1. The molecular weight excluding hydrogens is 284 g/mol. The lowest BCUT2D eigenvalue weighted by Crippen LogP contribution is -2.42. The number of methoxy groups -OCH3 is 1. The van der Waals surface area contributed by atoms with Crippen molar-refractivity contribution in [3.63, 3.8) is 0 Å². The molecule has 1 fully saturated rings. The summed E-state index contributed by atoms with van der Waals surface area (Å²) in [6.07, 6.45) is 4.70. The van der Waals surface area contributed by atoms with Crippen LogP contribution in [0.15, 0.2) is 24.4 Å². The van der Waals surface area contributed by atoms with Gasteiger partial charge in [-0.05, 0) is 37.5 Å². The Labute approximate surface area is 127 Å². The Morgan fingerprint density at radius 3 is 2.77 bits per heavy atom. The van der Waals surface area contributed by atoms with E-state index in [0.717, 1.165) is 19.3 Å². The molecule has 1 heterocycles. The second-order valence-corrected chi connectivity index (χ2v) is 5.73. The summed E-state index contributed by atoms with van der Waals surface area (Å²) in [7, 11) is 1.64. The number of aromatic carboxylic acids is 1. The lowest BCUT2D eigenvalue weighted by Gasteiger charge is -2.39. The smallest absolute Gasteiger partial charge is 0.337 e. The number of fused-ring (bicyclic) bond motifs is 1. The maximum atomic E-state index is 12.1. The molecule has 116 valence electrons. The molecule has 6 nitrogen and oxygen atoms in total. The Balaban J connectivity index is 1.74. The topological polar surface area (TPSA) is 91.4 Å². The fourth-order valence-corrected chi connectivity index (χ4v) is 2.90. The van der Waals surface area contributed by atoms with Crippen LogP contribution in [-0.2, 0) is 9.53 Å². The van der Waals surface area contributed by atoms with Gasteiger partial charge in [0.15, 0.2) is 0 Å². The number of aromatic nitrogens is 1. The Kier molecular flexibility index (Phi) is 3.62. The Bertz CT molecular complexity index is 725. The van der Waals surface area contributed by atoms with Crippen molar-refractivity contribution in [2.75, 3.05) is 12.4 Å². The van der Waals surface area contributed by atoms with Gasteiger partial charge < -0.3 is 20.1 Å². The van der Waals surface area contributed by atoms with E-state index in [1.807, 2.05) is 0 Å². The van der Waals surface area contributed by atoms with E-state index in [4.69, 9.17) is 9.84 Å². The van der Waals surface area contributed by atoms with Crippen molar-refractivity contribution >= 4 is 28.5 Å². The first-order chi connectivity index (χ1) is 10.5. The van der Waals surface area contributed by atoms with Crippen molar-refractivity contribution < 1.29 is 19.4 Å². The first kappa shape index (κ1) is 14.6. The molecule has 0 unspecified atom stereocenters. The highest BCUT2D eigenvalue weighted by molar-refractivity contribution is 6.04. The average molecular weight is 302 g/mol. The molecule has 3 N–H and O–H groups in total. The van der Waals surface area contributed by atoms with Crippen molar-refractivity contribution in [2.24, 2.45) is 0 Å². The molecule has 2 aromatic rings. The second kappa shape index (κ2) is 5.46. The van der Waals surface area contributed by atoms with E-state index in [-0.39, 0.29) is 17.1 Å². The molecular formula is C16H18N2O4. The van der Waals surface area contributed by atoms with Crippen molar-refractivity contribution in [1.29, 1.82) is 0 Å². The van der Waals surface area contributed by atoms with Crippen molar-refractivity contribution in [3.8, 4) is 0 Å². The number of H-pyrrole nitrogens is 1. The monoisotopic (exact) mass is 302 g/mol. The summed E-state index contributed by atoms with van der Waals surface area (Å²) in [5.41, 5.74) is 1.24. The molecule has 1 aliphatic rings. The first-order valence-corrected chi connectivity index (χ1v) is 7.22. The van der Waals surface area contributed by atoms with Crippen LogP contribution in [0.25, 0.3) is 10.9 Å². The molecule has 1 aliphatic carbocycles. The van der Waals surface area contributed by atoms with E-state index in [2.05, 4.69) is 10.3 Å². The van der Waals surface area contributed by atoms with Gasteiger partial charge in [-0.25, -0.2) is 4.79 Å². The number of hydrogen-bond donors (Lipinski definition) is 3. The standard InChI is InChI=1S/C16H18N2O4/c1-22-16(5-2-6-16)8-14(19)18-10-3-4-11-12(15(20)21)9-17-13(11)7-10/h3-4,7,9,17H,2,5-6,8H2,1H3,(H,18,19)(H,20,21). The molecule has 0 atom stereocenters. The van der Waals surface area contributed by atoms with Gasteiger partial charge in [0.2, 0.25) is 5.91 Å². The van der Waals surface area contributed by atoms with Gasteiger partial charge in [-0.15, -0.1) is 0 Å². The highest BCUT2D eigenvalue weighted by Crippen LogP contribution is 2.38. The first-order valence-electron chi connectivity index (χ1n) is 7.22. The summed E-state index contributed by atoms with van der Waals surface area (Å²) in [6.45, 7) is 0. The predicted octanol–water partition coefficient (Wildman–Crippen LogP) is 2.76. The van der Waals surface area contributed by atoms with E-state index < -0.39 is 5.97 Å². The van der Waals surface area contributed by atoms with Crippen LogP contribution in [0.2, 0.25) is 0 Å². The summed E-state index contributed by atoms with van der Waals surface area (Å²) in [5.74, 6) is -1.07. The minimum absolute atomic E-state index is 0.0917. The predicted molar refractivity (Wildman–Crippen MR) is 82.1 cm³/mol. The number of aromatic amines is 1. The van der Waals surface area contributed by atoms with Crippen LogP contribution in [0.1, 0.15) is 36.0 Å². The van der Waals surface area contributed by atoms with E-state index in [1.165, 1.54) is 6.20 Å². The van der Waals surface area contributed by atoms with Gasteiger partial charge in [-0.3, -0.25) is 4.79 Å². The van der Waals surface area contributed by atoms with Crippen molar-refractivity contribution in [1.82, 2.24) is 4.98 Å². The number of benzene rings is 1. The summed E-state index contributed by atoms with van der Waals surface area (Å²) in [6, 6.07) is 5.14. The molecule has 1 saturated carbocycles. The minimum Gasteiger partial charge on any atom is -0.478 e. The van der Waals surface area contributed by atoms with Gasteiger partial charge in [0.25, 0.3) is 0 Å². The molecule has 1 aromatic carbocycles. The molecule has 0 aliphatic heterocycles. The van der Waals surface area contributed by atoms with Crippen molar-refractivity contribution in [2.45, 2.75) is 31.3 Å². The lowest BCUT2D eigenvalue weighted by molar-refractivity contribution is -0.129. The molecule has 6 heteroatoms. The molecule has 1 aromatic heterocycles. The van der Waals surface area contributed by atoms with Crippen LogP contribution in [0.4, 0.5) is 5.69 Å². The maximum Gasteiger partial charge on any atom is 0.337 e. The van der Waals surface area contributed by atoms with Gasteiger partial charge in [0.1, 0.15) is 0 Å². The average Bonchev–Trinajstić information content (AvgIpc) is 2.86. The number of amides is 1. The third-order valence-electron chi connectivity index (χ3n) is 4.38. The van der Waals surface area contributed by atoms with Crippen LogP contribution < -0.4 is 5.32 Å². The normalized spacial score (nSPS) is 16.2. The lowest BCUT2D eigenvalue weighted by atomic mass is 9.77. The van der Waals surface area contributed by atoms with Crippen LogP contribution in [-0.4, -0.2) is 34.7 Å². The van der Waals surface area contributed by atoms with Gasteiger partial charge >= 0.3 is 5.97 Å². The van der Waals surface area contributed by atoms with Gasteiger partial charge in [-0.1, -0.05) is 0 Å². The third kappa shape index (κ3) is 2.57.